The highest BCUT2D eigenvalue weighted by molar-refractivity contribution is 9.10. The van der Waals surface area contributed by atoms with Gasteiger partial charge >= 0.3 is 6.01 Å². The first kappa shape index (κ1) is 22.9. The van der Waals surface area contributed by atoms with Gasteiger partial charge in [0, 0.05) is 45.3 Å². The Kier molecular flexibility index (Phi) is 7.65. The SMILES string of the molecule is COC(OC)[C@@H](C)Oc1nc(N2CCN[C@@H](CC#N)C2)c2cc(Cl)c(Br)c(F)c2n1. The Morgan fingerprint density at radius 1 is 1.43 bits per heavy atom. The van der Waals surface area contributed by atoms with E-state index in [1.54, 1.807) is 13.0 Å². The third kappa shape index (κ3) is 4.76. The Morgan fingerprint density at radius 3 is 2.83 bits per heavy atom. The van der Waals surface area contributed by atoms with Crippen LogP contribution in [0.25, 0.3) is 10.9 Å². The van der Waals surface area contributed by atoms with Crippen LogP contribution in [0.4, 0.5) is 10.2 Å². The number of rotatable bonds is 7. The molecule has 2 aromatic rings. The molecule has 30 heavy (non-hydrogen) atoms. The van der Waals surface area contributed by atoms with Gasteiger partial charge in [-0.15, -0.1) is 0 Å². The van der Waals surface area contributed by atoms with Crippen LogP contribution in [-0.4, -0.2) is 62.3 Å². The molecule has 1 aliphatic rings. The van der Waals surface area contributed by atoms with Gasteiger partial charge in [-0.05, 0) is 28.9 Å². The number of anilines is 1. The predicted octanol–water partition coefficient (Wildman–Crippen LogP) is 3.26. The molecular formula is C19H22BrClFN5O3. The number of fused-ring (bicyclic) bond motifs is 1. The molecule has 1 N–H and O–H groups in total. The fourth-order valence-electron chi connectivity index (χ4n) is 3.40. The number of piperazine rings is 1. The normalized spacial score (nSPS) is 17.9. The number of hydrogen-bond acceptors (Lipinski definition) is 8. The molecule has 11 heteroatoms. The summed E-state index contributed by atoms with van der Waals surface area (Å²) in [6, 6.07) is 3.76. The van der Waals surface area contributed by atoms with E-state index < -0.39 is 18.2 Å². The van der Waals surface area contributed by atoms with Gasteiger partial charge < -0.3 is 24.4 Å². The highest BCUT2D eigenvalue weighted by atomic mass is 79.9. The third-order valence-electron chi connectivity index (χ3n) is 4.82. The molecule has 0 unspecified atom stereocenters. The van der Waals surface area contributed by atoms with Crippen molar-refractivity contribution >= 4 is 44.3 Å². The van der Waals surface area contributed by atoms with Crippen molar-refractivity contribution in [3.05, 3.63) is 21.4 Å². The summed E-state index contributed by atoms with van der Waals surface area (Å²) < 4.78 is 31.4. The molecule has 162 valence electrons. The maximum atomic E-state index is 15.0. The van der Waals surface area contributed by atoms with Gasteiger partial charge in [-0.1, -0.05) is 11.6 Å². The highest BCUT2D eigenvalue weighted by Crippen LogP contribution is 2.36. The number of methoxy groups -OCH3 is 2. The lowest BCUT2D eigenvalue weighted by Crippen LogP contribution is -2.51. The highest BCUT2D eigenvalue weighted by Gasteiger charge is 2.26. The molecule has 1 fully saturated rings. The van der Waals surface area contributed by atoms with Crippen LogP contribution in [0, 0.1) is 17.1 Å². The van der Waals surface area contributed by atoms with Gasteiger partial charge in [0.25, 0.3) is 0 Å². The van der Waals surface area contributed by atoms with E-state index in [9.17, 15) is 0 Å². The van der Waals surface area contributed by atoms with Crippen LogP contribution in [0.1, 0.15) is 13.3 Å². The summed E-state index contributed by atoms with van der Waals surface area (Å²) in [6.45, 7) is 3.55. The van der Waals surface area contributed by atoms with E-state index in [0.29, 0.717) is 37.3 Å². The molecule has 0 bridgehead atoms. The second-order valence-electron chi connectivity index (χ2n) is 6.83. The third-order valence-corrected chi connectivity index (χ3v) is 6.12. The van der Waals surface area contributed by atoms with Crippen LogP contribution < -0.4 is 15.0 Å². The Balaban J connectivity index is 2.08. The van der Waals surface area contributed by atoms with Gasteiger partial charge in [-0.3, -0.25) is 0 Å². The predicted molar refractivity (Wildman–Crippen MR) is 114 cm³/mol. The number of nitrogens with one attached hydrogen (secondary N) is 1. The zero-order chi connectivity index (χ0) is 21.8. The minimum absolute atomic E-state index is 0.00686. The second kappa shape index (κ2) is 10.0. The molecule has 0 aliphatic carbocycles. The van der Waals surface area contributed by atoms with Gasteiger partial charge in [0.2, 0.25) is 0 Å². The average Bonchev–Trinajstić information content (AvgIpc) is 2.73. The zero-order valence-corrected chi connectivity index (χ0v) is 19.1. The smallest absolute Gasteiger partial charge is 0.319 e. The molecule has 2 heterocycles. The van der Waals surface area contributed by atoms with Crippen molar-refractivity contribution in [2.24, 2.45) is 0 Å². The standard InChI is InChI=1S/C19H22BrClFN5O3/c1-10(18(28-2)29-3)30-19-25-16-12(8-13(21)14(20)15(16)22)17(26-19)27-7-6-24-11(9-27)4-5-23/h8,10-11,18,24H,4,6-7,9H2,1-3H3/t10-,11+/m1/s1. The van der Waals surface area contributed by atoms with E-state index >= 15 is 4.39 Å². The monoisotopic (exact) mass is 501 g/mol. The fourth-order valence-corrected chi connectivity index (χ4v) is 3.89. The summed E-state index contributed by atoms with van der Waals surface area (Å²) in [5, 5.41) is 13.0. The number of ether oxygens (including phenoxy) is 3. The van der Waals surface area contributed by atoms with Crippen LogP contribution in [0.2, 0.25) is 5.02 Å². The molecule has 8 nitrogen and oxygen atoms in total. The largest absolute Gasteiger partial charge is 0.455 e. The Bertz CT molecular complexity index is 956. The van der Waals surface area contributed by atoms with Crippen LogP contribution in [-0.2, 0) is 9.47 Å². The van der Waals surface area contributed by atoms with E-state index in [2.05, 4.69) is 37.3 Å². The molecule has 3 rings (SSSR count). The minimum atomic E-state index is -0.645. The van der Waals surface area contributed by atoms with Crippen LogP contribution in [0.15, 0.2) is 10.5 Å². The molecule has 0 amide bonds. The van der Waals surface area contributed by atoms with Gasteiger partial charge in [0.15, 0.2) is 12.1 Å². The number of nitriles is 1. The summed E-state index contributed by atoms with van der Waals surface area (Å²) in [6.07, 6.45) is -0.837. The van der Waals surface area contributed by atoms with Gasteiger partial charge in [0.05, 0.1) is 22.0 Å². The van der Waals surface area contributed by atoms with E-state index in [-0.39, 0.29) is 27.1 Å². The molecule has 2 atom stereocenters. The van der Waals surface area contributed by atoms with Crippen molar-refractivity contribution in [2.45, 2.75) is 31.8 Å². The van der Waals surface area contributed by atoms with E-state index in [1.807, 2.05) is 4.90 Å². The number of hydrogen-bond donors (Lipinski definition) is 1. The quantitative estimate of drug-likeness (QED) is 0.456. The summed E-state index contributed by atoms with van der Waals surface area (Å²) in [5.41, 5.74) is 0.0835. The lowest BCUT2D eigenvalue weighted by Gasteiger charge is -2.34. The number of aromatic nitrogens is 2. The van der Waals surface area contributed by atoms with Gasteiger partial charge in [0.1, 0.15) is 17.4 Å². The minimum Gasteiger partial charge on any atom is -0.455 e. The molecule has 1 aromatic heterocycles. The molecule has 0 radical (unpaired) electrons. The summed E-state index contributed by atoms with van der Waals surface area (Å²) >= 11 is 9.37. The molecule has 1 aromatic carbocycles. The zero-order valence-electron chi connectivity index (χ0n) is 16.8. The van der Waals surface area contributed by atoms with Crippen molar-refractivity contribution in [3.8, 4) is 12.1 Å². The number of benzene rings is 1. The van der Waals surface area contributed by atoms with Crippen LogP contribution >= 0.6 is 27.5 Å². The van der Waals surface area contributed by atoms with E-state index in [0.717, 1.165) is 0 Å². The maximum absolute atomic E-state index is 15.0. The first-order valence-electron chi connectivity index (χ1n) is 9.32. The summed E-state index contributed by atoms with van der Waals surface area (Å²) in [4.78, 5) is 10.8. The Hall–Kier alpha value is -1.77. The van der Waals surface area contributed by atoms with Gasteiger partial charge in [-0.25, -0.2) is 4.39 Å². The summed E-state index contributed by atoms with van der Waals surface area (Å²) in [5.74, 6) is -0.108. The molecule has 1 aliphatic heterocycles. The van der Waals surface area contributed by atoms with Crippen LogP contribution in [0.5, 0.6) is 6.01 Å². The molecule has 0 spiro atoms. The fraction of sp³-hybridized carbons (Fsp3) is 0.526. The Morgan fingerprint density at radius 2 is 2.17 bits per heavy atom. The van der Waals surface area contributed by atoms with E-state index in [1.165, 1.54) is 14.2 Å². The lowest BCUT2D eigenvalue weighted by molar-refractivity contribution is -0.152. The molecule has 1 saturated heterocycles. The second-order valence-corrected chi connectivity index (χ2v) is 8.03. The summed E-state index contributed by atoms with van der Waals surface area (Å²) in [7, 11) is 2.99. The molecule has 0 saturated carbocycles. The van der Waals surface area contributed by atoms with Crippen LogP contribution in [0.3, 0.4) is 0 Å². The average molecular weight is 503 g/mol. The lowest BCUT2D eigenvalue weighted by atomic mass is 10.1. The van der Waals surface area contributed by atoms with E-state index in [4.69, 9.17) is 31.1 Å². The first-order valence-corrected chi connectivity index (χ1v) is 10.5. The van der Waals surface area contributed by atoms with Crippen molar-refractivity contribution < 1.29 is 18.6 Å². The van der Waals surface area contributed by atoms with Crippen molar-refractivity contribution in [3.63, 3.8) is 0 Å². The first-order chi connectivity index (χ1) is 14.4. The number of nitrogens with zero attached hydrogens (tertiary/aromatic N) is 4. The maximum Gasteiger partial charge on any atom is 0.319 e. The van der Waals surface area contributed by atoms with Crippen molar-refractivity contribution in [1.82, 2.24) is 15.3 Å². The van der Waals surface area contributed by atoms with Crippen molar-refractivity contribution in [1.29, 1.82) is 5.26 Å². The topological polar surface area (TPSA) is 92.5 Å². The van der Waals surface area contributed by atoms with Crippen molar-refractivity contribution in [2.75, 3.05) is 38.8 Å². The molecular weight excluding hydrogens is 481 g/mol. The number of halogens is 3. The van der Waals surface area contributed by atoms with Gasteiger partial charge in [-0.2, -0.15) is 15.2 Å². The Labute approximate surface area is 187 Å².